The fourth-order valence-electron chi connectivity index (χ4n) is 4.92. The molecule has 2 N–H and O–H groups in total. The van der Waals surface area contributed by atoms with E-state index in [1.807, 2.05) is 72.8 Å². The Labute approximate surface area is 207 Å². The molecule has 6 rings (SSSR count). The number of anilines is 2. The Balaban J connectivity index is 1.53. The van der Waals surface area contributed by atoms with E-state index in [0.717, 1.165) is 34.9 Å². The van der Waals surface area contributed by atoms with E-state index in [9.17, 15) is 10.1 Å². The van der Waals surface area contributed by atoms with Crippen molar-refractivity contribution in [2.24, 2.45) is 5.18 Å². The lowest BCUT2D eigenvalue weighted by atomic mass is 10.0. The van der Waals surface area contributed by atoms with Gasteiger partial charge in [-0.25, -0.2) is 0 Å². The van der Waals surface area contributed by atoms with Crippen LogP contribution in [0.5, 0.6) is 0 Å². The summed E-state index contributed by atoms with van der Waals surface area (Å²) in [5.41, 5.74) is 6.92. The maximum Gasteiger partial charge on any atom is 0.163 e. The van der Waals surface area contributed by atoms with Gasteiger partial charge in [-0.3, -0.25) is 10.7 Å². The van der Waals surface area contributed by atoms with Gasteiger partial charge in [0, 0.05) is 41.0 Å². The van der Waals surface area contributed by atoms with Crippen LogP contribution in [0.1, 0.15) is 11.1 Å². The molecule has 1 heterocycles. The second kappa shape index (κ2) is 9.17. The first kappa shape index (κ1) is 21.8. The van der Waals surface area contributed by atoms with Crippen LogP contribution in [0.15, 0.2) is 113 Å². The summed E-state index contributed by atoms with van der Waals surface area (Å²) in [5.74, 6) is 0. The molecule has 0 amide bonds. The average Bonchev–Trinajstić information content (AvgIpc) is 3.32. The van der Waals surface area contributed by atoms with Gasteiger partial charge in [-0.1, -0.05) is 84.9 Å². The zero-order valence-corrected chi connectivity index (χ0v) is 19.4. The van der Waals surface area contributed by atoms with Gasteiger partial charge in [0.25, 0.3) is 0 Å². The number of furan rings is 1. The van der Waals surface area contributed by atoms with E-state index in [4.69, 9.17) is 4.42 Å². The second-order valence-electron chi connectivity index (χ2n) is 8.79. The van der Waals surface area contributed by atoms with Crippen LogP contribution in [0, 0.1) is 4.91 Å². The minimum atomic E-state index is 0.120. The normalized spacial score (nSPS) is 11.2. The Hall–Kier alpha value is -4.68. The summed E-state index contributed by atoms with van der Waals surface area (Å²) < 4.78 is 6.27. The minimum Gasteiger partial charge on any atom is -0.454 e. The third-order valence-corrected chi connectivity index (χ3v) is 6.59. The lowest BCUT2D eigenvalue weighted by Gasteiger charge is -2.25. The Kier molecular flexibility index (Phi) is 5.56. The number of nitrogens with one attached hydrogen (secondary N) is 1. The van der Waals surface area contributed by atoms with Crippen molar-refractivity contribution >= 4 is 49.8 Å². The third-order valence-electron chi connectivity index (χ3n) is 6.59. The van der Waals surface area contributed by atoms with E-state index in [2.05, 4.69) is 45.9 Å². The van der Waals surface area contributed by atoms with Gasteiger partial charge in [0.05, 0.1) is 0 Å². The highest BCUT2D eigenvalue weighted by molar-refractivity contribution is 6.26. The minimum absolute atomic E-state index is 0.120. The summed E-state index contributed by atoms with van der Waals surface area (Å²) in [4.78, 5) is 14.0. The zero-order chi connectivity index (χ0) is 24.5. The van der Waals surface area contributed by atoms with Crippen molar-refractivity contribution in [2.75, 3.05) is 10.4 Å². The molecule has 1 aromatic heterocycles. The molecule has 0 radical (unpaired) electrons. The van der Waals surface area contributed by atoms with Gasteiger partial charge in [0.1, 0.15) is 17.0 Å². The van der Waals surface area contributed by atoms with E-state index in [-0.39, 0.29) is 11.4 Å². The maximum atomic E-state index is 11.7. The Morgan fingerprint density at radius 2 is 1.36 bits per heavy atom. The second-order valence-corrected chi connectivity index (χ2v) is 8.79. The van der Waals surface area contributed by atoms with Gasteiger partial charge in [-0.15, -0.1) is 4.91 Å². The van der Waals surface area contributed by atoms with Gasteiger partial charge in [0.15, 0.2) is 5.58 Å². The van der Waals surface area contributed by atoms with Crippen molar-refractivity contribution in [3.8, 4) is 0 Å². The molecule has 6 nitrogen and oxygen atoms in total. The van der Waals surface area contributed by atoms with Crippen molar-refractivity contribution in [3.63, 3.8) is 0 Å². The van der Waals surface area contributed by atoms with Crippen molar-refractivity contribution in [1.29, 1.82) is 0 Å². The summed E-state index contributed by atoms with van der Waals surface area (Å²) >= 11 is 0. The molecule has 6 aromatic rings. The molecule has 0 saturated heterocycles. The van der Waals surface area contributed by atoms with E-state index >= 15 is 0 Å². The first-order chi connectivity index (χ1) is 17.8. The lowest BCUT2D eigenvalue weighted by molar-refractivity contribution is 0.389. The molecule has 0 saturated carbocycles. The molecule has 176 valence electrons. The molecule has 0 atom stereocenters. The third kappa shape index (κ3) is 3.74. The van der Waals surface area contributed by atoms with Crippen molar-refractivity contribution in [2.45, 2.75) is 13.1 Å². The van der Waals surface area contributed by atoms with Crippen LogP contribution in [-0.4, -0.2) is 5.21 Å². The highest BCUT2D eigenvalue weighted by Gasteiger charge is 2.21. The highest BCUT2D eigenvalue weighted by atomic mass is 16.5. The molecule has 0 unspecified atom stereocenters. The summed E-state index contributed by atoms with van der Waals surface area (Å²) in [5, 5.41) is 16.3. The summed E-state index contributed by atoms with van der Waals surface area (Å²) in [6.45, 7) is 1.46. The van der Waals surface area contributed by atoms with Gasteiger partial charge >= 0.3 is 0 Å². The summed E-state index contributed by atoms with van der Waals surface area (Å²) in [7, 11) is 0. The number of hydrogen-bond donors (Lipinski definition) is 2. The van der Waals surface area contributed by atoms with Gasteiger partial charge in [-0.2, -0.15) is 0 Å². The van der Waals surface area contributed by atoms with E-state index in [1.54, 1.807) is 0 Å². The summed E-state index contributed by atoms with van der Waals surface area (Å²) in [6, 6.07) is 34.4. The number of fused-ring (bicyclic) bond motifs is 5. The molecule has 0 fully saturated rings. The Bertz CT molecular complexity index is 1650. The SMILES string of the molecule is O=Nc1c(NO)c2oc3cc(N(Cc4ccccc4)Cc4ccccc4)ccc3c2c2ccccc12. The monoisotopic (exact) mass is 473 g/mol. The van der Waals surface area contributed by atoms with Crippen LogP contribution in [0.4, 0.5) is 17.1 Å². The standard InChI is InChI=1S/C30H23N3O3/c34-31-28-24-14-8-7-13-23(24)27-25-16-15-22(17-26(25)36-30(27)29(28)32-35)33(18-20-9-3-1-4-10-20)19-21-11-5-2-6-12-21/h1-17,32,35H,18-19H2. The van der Waals surface area contributed by atoms with Crippen molar-refractivity contribution in [3.05, 3.63) is 119 Å². The van der Waals surface area contributed by atoms with Crippen molar-refractivity contribution < 1.29 is 9.62 Å². The highest BCUT2D eigenvalue weighted by Crippen LogP contribution is 2.46. The van der Waals surface area contributed by atoms with Crippen LogP contribution >= 0.6 is 0 Å². The number of nitroso groups, excluding NO2 is 1. The van der Waals surface area contributed by atoms with E-state index in [0.29, 0.717) is 16.6 Å². The molecular weight excluding hydrogens is 450 g/mol. The molecule has 0 aliphatic carbocycles. The molecule has 0 aliphatic rings. The van der Waals surface area contributed by atoms with Crippen LogP contribution in [0.2, 0.25) is 0 Å². The first-order valence-corrected chi connectivity index (χ1v) is 11.7. The largest absolute Gasteiger partial charge is 0.454 e. The molecule has 5 aromatic carbocycles. The van der Waals surface area contributed by atoms with Crippen LogP contribution in [0.3, 0.4) is 0 Å². The van der Waals surface area contributed by atoms with Gasteiger partial charge in [-0.05, 0) is 33.8 Å². The van der Waals surface area contributed by atoms with Crippen LogP contribution < -0.4 is 10.4 Å². The number of nitrogens with zero attached hydrogens (tertiary/aromatic N) is 2. The smallest absolute Gasteiger partial charge is 0.163 e. The molecule has 36 heavy (non-hydrogen) atoms. The van der Waals surface area contributed by atoms with Crippen LogP contribution in [0.25, 0.3) is 32.7 Å². The van der Waals surface area contributed by atoms with Crippen molar-refractivity contribution in [1.82, 2.24) is 0 Å². The number of rotatable bonds is 7. The quantitative estimate of drug-likeness (QED) is 0.181. The fraction of sp³-hybridized carbons (Fsp3) is 0.0667. The molecule has 6 heteroatoms. The number of benzene rings is 5. The van der Waals surface area contributed by atoms with Gasteiger partial charge < -0.3 is 9.32 Å². The fourth-order valence-corrected chi connectivity index (χ4v) is 4.92. The molecule has 0 aliphatic heterocycles. The zero-order valence-electron chi connectivity index (χ0n) is 19.4. The van der Waals surface area contributed by atoms with Crippen LogP contribution in [-0.2, 0) is 13.1 Å². The lowest BCUT2D eigenvalue weighted by Crippen LogP contribution is -2.22. The molecular formula is C30H23N3O3. The Morgan fingerprint density at radius 1 is 0.750 bits per heavy atom. The van der Waals surface area contributed by atoms with Gasteiger partial charge in [0.2, 0.25) is 0 Å². The predicted octanol–water partition coefficient (Wildman–Crippen LogP) is 8.15. The molecule has 0 bridgehead atoms. The van der Waals surface area contributed by atoms with E-state index < -0.39 is 0 Å². The van der Waals surface area contributed by atoms with E-state index in [1.165, 1.54) is 11.1 Å². The topological polar surface area (TPSA) is 78.1 Å². The Morgan fingerprint density at radius 3 is 1.97 bits per heavy atom. The average molecular weight is 474 g/mol. The molecule has 0 spiro atoms. The first-order valence-electron chi connectivity index (χ1n) is 11.7. The number of hydrogen-bond acceptors (Lipinski definition) is 6. The maximum absolute atomic E-state index is 11.7. The summed E-state index contributed by atoms with van der Waals surface area (Å²) in [6.07, 6.45) is 0. The predicted molar refractivity (Wildman–Crippen MR) is 145 cm³/mol.